The third kappa shape index (κ3) is 4.82. The summed E-state index contributed by atoms with van der Waals surface area (Å²) >= 11 is 0. The number of hydrazone groups is 1. The van der Waals surface area contributed by atoms with Gasteiger partial charge in [-0.1, -0.05) is 30.3 Å². The summed E-state index contributed by atoms with van der Waals surface area (Å²) in [7, 11) is 0. The van der Waals surface area contributed by atoms with Gasteiger partial charge in [-0.2, -0.15) is 5.10 Å². The van der Waals surface area contributed by atoms with Crippen LogP contribution in [0.2, 0.25) is 0 Å². The molecule has 0 fully saturated rings. The summed E-state index contributed by atoms with van der Waals surface area (Å²) in [6.45, 7) is 3.61. The summed E-state index contributed by atoms with van der Waals surface area (Å²) in [6.07, 6.45) is 4.58. The zero-order valence-electron chi connectivity index (χ0n) is 15.8. The lowest BCUT2D eigenvalue weighted by Crippen LogP contribution is -2.22. The van der Waals surface area contributed by atoms with E-state index in [1.807, 2.05) is 37.3 Å². The van der Waals surface area contributed by atoms with Crippen LogP contribution in [0.25, 0.3) is 0 Å². The van der Waals surface area contributed by atoms with Gasteiger partial charge in [-0.15, -0.1) is 0 Å². The first kappa shape index (κ1) is 18.8. The molecule has 0 bridgehead atoms. The van der Waals surface area contributed by atoms with Crippen LogP contribution in [0.4, 0.5) is 5.69 Å². The van der Waals surface area contributed by atoms with Crippen LogP contribution in [0.3, 0.4) is 0 Å². The second kappa shape index (κ2) is 8.62. The van der Waals surface area contributed by atoms with Crippen LogP contribution in [-0.4, -0.2) is 17.5 Å². The number of nitrogens with zero attached hydrogens (tertiary/aromatic N) is 1. The quantitative estimate of drug-likeness (QED) is 0.622. The fourth-order valence-corrected chi connectivity index (χ4v) is 3.40. The first-order valence-electron chi connectivity index (χ1n) is 9.34. The monoisotopic (exact) mass is 363 g/mol. The van der Waals surface area contributed by atoms with Gasteiger partial charge < -0.3 is 5.32 Å². The Morgan fingerprint density at radius 3 is 2.63 bits per heavy atom. The molecule has 0 aromatic heterocycles. The second-order valence-electron chi connectivity index (χ2n) is 6.98. The molecule has 5 nitrogen and oxygen atoms in total. The number of hydrogen-bond donors (Lipinski definition) is 2. The Bertz CT molecular complexity index is 887. The fraction of sp³-hybridized carbons (Fsp3) is 0.318. The number of benzene rings is 2. The molecule has 3 rings (SSSR count). The molecule has 0 unspecified atom stereocenters. The van der Waals surface area contributed by atoms with E-state index >= 15 is 0 Å². The molecule has 27 heavy (non-hydrogen) atoms. The highest BCUT2D eigenvalue weighted by Gasteiger charge is 2.15. The van der Waals surface area contributed by atoms with Gasteiger partial charge in [0.1, 0.15) is 0 Å². The molecule has 0 aliphatic heterocycles. The van der Waals surface area contributed by atoms with Crippen molar-refractivity contribution >= 4 is 23.2 Å². The van der Waals surface area contributed by atoms with E-state index in [1.54, 1.807) is 13.0 Å². The van der Waals surface area contributed by atoms with Gasteiger partial charge in [0.05, 0.1) is 6.42 Å². The summed E-state index contributed by atoms with van der Waals surface area (Å²) in [5, 5.41) is 7.06. The van der Waals surface area contributed by atoms with Crippen molar-refractivity contribution in [3.05, 3.63) is 64.7 Å². The summed E-state index contributed by atoms with van der Waals surface area (Å²) < 4.78 is 0. The molecule has 2 aromatic carbocycles. The van der Waals surface area contributed by atoms with Crippen LogP contribution in [0.15, 0.2) is 47.6 Å². The summed E-state index contributed by atoms with van der Waals surface area (Å²) in [4.78, 5) is 24.6. The zero-order chi connectivity index (χ0) is 19.2. The number of aryl methyl sites for hydroxylation is 2. The van der Waals surface area contributed by atoms with Crippen molar-refractivity contribution in [1.29, 1.82) is 0 Å². The highest BCUT2D eigenvalue weighted by atomic mass is 16.2. The lowest BCUT2D eigenvalue weighted by atomic mass is 9.90. The van der Waals surface area contributed by atoms with E-state index in [2.05, 4.69) is 21.9 Å². The first-order chi connectivity index (χ1) is 13.0. The first-order valence-corrected chi connectivity index (χ1v) is 9.34. The molecular formula is C22H25N3O2. The summed E-state index contributed by atoms with van der Waals surface area (Å²) in [6, 6.07) is 13.4. The Morgan fingerprint density at radius 2 is 1.81 bits per heavy atom. The molecule has 5 heteroatoms. The normalized spacial score (nSPS) is 13.6. The topological polar surface area (TPSA) is 70.6 Å². The molecule has 140 valence electrons. The second-order valence-corrected chi connectivity index (χ2v) is 6.98. The smallest absolute Gasteiger partial charge is 0.271 e. The van der Waals surface area contributed by atoms with Gasteiger partial charge >= 0.3 is 0 Å². The minimum Gasteiger partial charge on any atom is -0.325 e. The maximum Gasteiger partial charge on any atom is 0.271 e. The lowest BCUT2D eigenvalue weighted by Gasteiger charge is -2.19. The minimum absolute atomic E-state index is 0.125. The number of anilines is 1. The minimum atomic E-state index is -0.273. The van der Waals surface area contributed by atoms with E-state index < -0.39 is 0 Å². The maximum atomic E-state index is 12.4. The van der Waals surface area contributed by atoms with Gasteiger partial charge in [0.2, 0.25) is 5.91 Å². The number of rotatable bonds is 5. The van der Waals surface area contributed by atoms with Crippen molar-refractivity contribution in [2.45, 2.75) is 46.0 Å². The van der Waals surface area contributed by atoms with Crippen molar-refractivity contribution in [3.8, 4) is 0 Å². The van der Waals surface area contributed by atoms with E-state index in [0.717, 1.165) is 30.5 Å². The zero-order valence-corrected chi connectivity index (χ0v) is 15.8. The fourth-order valence-electron chi connectivity index (χ4n) is 3.40. The molecule has 2 amide bonds. The third-order valence-electron chi connectivity index (χ3n) is 4.82. The molecule has 0 spiro atoms. The number of nitrogens with one attached hydrogen (secondary N) is 2. The molecule has 0 saturated heterocycles. The Balaban J connectivity index is 1.59. The molecule has 1 aliphatic carbocycles. The molecule has 0 atom stereocenters. The highest BCUT2D eigenvalue weighted by Crippen LogP contribution is 2.27. The van der Waals surface area contributed by atoms with Crippen molar-refractivity contribution < 1.29 is 9.59 Å². The van der Waals surface area contributed by atoms with Crippen molar-refractivity contribution in [1.82, 2.24) is 5.43 Å². The van der Waals surface area contributed by atoms with Gasteiger partial charge in [-0.3, -0.25) is 9.59 Å². The van der Waals surface area contributed by atoms with E-state index in [0.29, 0.717) is 11.3 Å². The van der Waals surface area contributed by atoms with Gasteiger partial charge in [0, 0.05) is 17.0 Å². The standard InChI is InChI=1S/C22H25N3O2/c1-15-8-3-5-11-18(15)22(27)25-24-16(2)14-21(26)23-20-13-7-10-17-9-4-6-12-19(17)20/h3,5,7-8,10-11,13H,4,6,9,12,14H2,1-2H3,(H,23,26)(H,25,27)/b24-16-. The van der Waals surface area contributed by atoms with Crippen LogP contribution >= 0.6 is 0 Å². The van der Waals surface area contributed by atoms with Crippen molar-refractivity contribution in [3.63, 3.8) is 0 Å². The molecular weight excluding hydrogens is 338 g/mol. The predicted molar refractivity (Wildman–Crippen MR) is 108 cm³/mol. The predicted octanol–water partition coefficient (Wildman–Crippen LogP) is 4.01. The van der Waals surface area contributed by atoms with Gasteiger partial charge in [-0.05, 0) is 68.4 Å². The lowest BCUT2D eigenvalue weighted by molar-refractivity contribution is -0.115. The van der Waals surface area contributed by atoms with Gasteiger partial charge in [0.15, 0.2) is 0 Å². The molecule has 0 saturated carbocycles. The largest absolute Gasteiger partial charge is 0.325 e. The van der Waals surface area contributed by atoms with Crippen LogP contribution in [0, 0.1) is 6.92 Å². The van der Waals surface area contributed by atoms with Gasteiger partial charge in [-0.25, -0.2) is 5.43 Å². The van der Waals surface area contributed by atoms with Crippen molar-refractivity contribution in [2.75, 3.05) is 5.32 Å². The van der Waals surface area contributed by atoms with Gasteiger partial charge in [0.25, 0.3) is 5.91 Å². The van der Waals surface area contributed by atoms with Crippen LogP contribution in [-0.2, 0) is 17.6 Å². The Labute approximate surface area is 159 Å². The average Bonchev–Trinajstić information content (AvgIpc) is 2.67. The molecule has 1 aliphatic rings. The number of amides is 2. The third-order valence-corrected chi connectivity index (χ3v) is 4.82. The van der Waals surface area contributed by atoms with Crippen LogP contribution in [0.5, 0.6) is 0 Å². The van der Waals surface area contributed by atoms with E-state index in [1.165, 1.54) is 17.5 Å². The van der Waals surface area contributed by atoms with E-state index in [9.17, 15) is 9.59 Å². The molecule has 0 heterocycles. The average molecular weight is 363 g/mol. The molecule has 2 aromatic rings. The molecule has 0 radical (unpaired) electrons. The number of carbonyl (C=O) groups is 2. The maximum absolute atomic E-state index is 12.4. The summed E-state index contributed by atoms with van der Waals surface area (Å²) in [5.74, 6) is -0.398. The number of carbonyl (C=O) groups excluding carboxylic acids is 2. The van der Waals surface area contributed by atoms with E-state index in [-0.39, 0.29) is 18.2 Å². The Kier molecular flexibility index (Phi) is 6.01. The number of fused-ring (bicyclic) bond motifs is 1. The van der Waals surface area contributed by atoms with E-state index in [4.69, 9.17) is 0 Å². The van der Waals surface area contributed by atoms with Crippen LogP contribution in [0.1, 0.15) is 53.2 Å². The SMILES string of the molecule is C/C(CC(=O)Nc1cccc2c1CCCC2)=N/NC(=O)c1ccccc1C. The Morgan fingerprint density at radius 1 is 1.04 bits per heavy atom. The highest BCUT2D eigenvalue weighted by molar-refractivity contribution is 6.06. The molecule has 2 N–H and O–H groups in total. The Hall–Kier alpha value is -2.95. The summed E-state index contributed by atoms with van der Waals surface area (Å²) in [5.41, 5.74) is 8.02. The van der Waals surface area contributed by atoms with Crippen molar-refractivity contribution in [2.24, 2.45) is 5.10 Å². The van der Waals surface area contributed by atoms with Crippen LogP contribution < -0.4 is 10.7 Å². The number of hydrogen-bond acceptors (Lipinski definition) is 3.